The van der Waals surface area contributed by atoms with Crippen LogP contribution in [-0.2, 0) is 6.54 Å². The van der Waals surface area contributed by atoms with Gasteiger partial charge in [0.2, 0.25) is 0 Å². The molecule has 25 heavy (non-hydrogen) atoms. The third-order valence-electron chi connectivity index (χ3n) is 4.52. The van der Waals surface area contributed by atoms with Crippen molar-refractivity contribution in [3.05, 3.63) is 47.5 Å². The summed E-state index contributed by atoms with van der Waals surface area (Å²) in [6.07, 6.45) is 0.912. The Morgan fingerprint density at radius 2 is 1.68 bits per heavy atom. The Labute approximate surface area is 147 Å². The molecule has 0 fully saturated rings. The average molecular weight is 341 g/mol. The summed E-state index contributed by atoms with van der Waals surface area (Å²) in [5, 5.41) is 3.56. The third-order valence-corrected chi connectivity index (χ3v) is 4.52. The molecule has 132 valence electrons. The lowest BCUT2D eigenvalue weighted by molar-refractivity contribution is 0.171. The maximum Gasteiger partial charge on any atom is 0.165 e. The Bertz CT molecular complexity index is 746. The van der Waals surface area contributed by atoms with Gasteiger partial charge in [-0.1, -0.05) is 18.2 Å². The molecule has 0 radical (unpaired) electrons. The van der Waals surface area contributed by atoms with Crippen LogP contribution in [0.3, 0.4) is 0 Å². The molecule has 0 spiro atoms. The van der Waals surface area contributed by atoms with Gasteiger partial charge in [-0.2, -0.15) is 0 Å². The highest BCUT2D eigenvalue weighted by atomic mass is 16.6. The summed E-state index contributed by atoms with van der Waals surface area (Å²) in [4.78, 5) is 0. The molecule has 0 amide bonds. The first-order chi connectivity index (χ1) is 12.3. The molecule has 0 unspecified atom stereocenters. The standard InChI is InChI=1S/C20H23NO4/c1-14(15-6-7-17-19(12-15)24-11-10-23-17)21-13-16-4-2-5-18-20(16)25-9-3-8-22-18/h2,4-7,12,14,21H,3,8-11,13H2,1H3/t14-/m0/s1. The van der Waals surface area contributed by atoms with Crippen LogP contribution in [0, 0.1) is 0 Å². The van der Waals surface area contributed by atoms with E-state index < -0.39 is 0 Å². The monoisotopic (exact) mass is 341 g/mol. The van der Waals surface area contributed by atoms with E-state index in [4.69, 9.17) is 18.9 Å². The number of hydrogen-bond donors (Lipinski definition) is 1. The van der Waals surface area contributed by atoms with Gasteiger partial charge < -0.3 is 24.3 Å². The molecule has 2 heterocycles. The fraction of sp³-hybridized carbons (Fsp3) is 0.400. The maximum atomic E-state index is 5.89. The van der Waals surface area contributed by atoms with Crippen molar-refractivity contribution in [3.63, 3.8) is 0 Å². The highest BCUT2D eigenvalue weighted by molar-refractivity contribution is 5.47. The Hall–Kier alpha value is -2.40. The second kappa shape index (κ2) is 7.23. The molecule has 2 aromatic carbocycles. The number of hydrogen-bond acceptors (Lipinski definition) is 5. The van der Waals surface area contributed by atoms with Crippen molar-refractivity contribution in [2.75, 3.05) is 26.4 Å². The Balaban J connectivity index is 1.46. The van der Waals surface area contributed by atoms with Crippen molar-refractivity contribution < 1.29 is 18.9 Å². The van der Waals surface area contributed by atoms with Crippen LogP contribution in [0.4, 0.5) is 0 Å². The summed E-state index contributed by atoms with van der Waals surface area (Å²) in [6.45, 7) is 5.47. The summed E-state index contributed by atoms with van der Waals surface area (Å²) < 4.78 is 22.9. The Morgan fingerprint density at radius 3 is 2.60 bits per heavy atom. The summed E-state index contributed by atoms with van der Waals surface area (Å²) in [5.41, 5.74) is 2.28. The van der Waals surface area contributed by atoms with Gasteiger partial charge in [-0.05, 0) is 30.7 Å². The van der Waals surface area contributed by atoms with Crippen molar-refractivity contribution in [1.82, 2.24) is 5.32 Å². The molecular weight excluding hydrogens is 318 g/mol. The lowest BCUT2D eigenvalue weighted by Gasteiger charge is -2.21. The molecular formula is C20H23NO4. The summed E-state index contributed by atoms with van der Waals surface area (Å²) in [5.74, 6) is 3.34. The molecule has 0 bridgehead atoms. The van der Waals surface area contributed by atoms with Gasteiger partial charge in [0.05, 0.1) is 13.2 Å². The lowest BCUT2D eigenvalue weighted by atomic mass is 10.1. The van der Waals surface area contributed by atoms with Crippen LogP contribution in [0.1, 0.15) is 30.5 Å². The SMILES string of the molecule is C[C@H](NCc1cccc2c1OCCCO2)c1ccc2c(c1)OCCO2. The van der Waals surface area contributed by atoms with Crippen molar-refractivity contribution in [3.8, 4) is 23.0 Å². The van der Waals surface area contributed by atoms with Crippen LogP contribution in [0.25, 0.3) is 0 Å². The molecule has 1 N–H and O–H groups in total. The average Bonchev–Trinajstić information content (AvgIpc) is 2.91. The molecule has 0 aromatic heterocycles. The third kappa shape index (κ3) is 3.51. The number of para-hydroxylation sites is 1. The zero-order chi connectivity index (χ0) is 17.1. The Kier molecular flexibility index (Phi) is 4.65. The number of rotatable bonds is 4. The predicted molar refractivity (Wildman–Crippen MR) is 94.7 cm³/mol. The minimum atomic E-state index is 0.179. The minimum absolute atomic E-state index is 0.179. The fourth-order valence-electron chi connectivity index (χ4n) is 3.10. The smallest absolute Gasteiger partial charge is 0.165 e. The Morgan fingerprint density at radius 1 is 0.880 bits per heavy atom. The second-order valence-corrected chi connectivity index (χ2v) is 6.30. The van der Waals surface area contributed by atoms with Crippen LogP contribution in [0.2, 0.25) is 0 Å². The summed E-state index contributed by atoms with van der Waals surface area (Å²) in [7, 11) is 0. The molecule has 2 aliphatic heterocycles. The second-order valence-electron chi connectivity index (χ2n) is 6.30. The van der Waals surface area contributed by atoms with Gasteiger partial charge in [0.25, 0.3) is 0 Å². The molecule has 4 rings (SSSR count). The van der Waals surface area contributed by atoms with Crippen molar-refractivity contribution >= 4 is 0 Å². The number of benzene rings is 2. The van der Waals surface area contributed by atoms with E-state index in [1.807, 2.05) is 18.2 Å². The minimum Gasteiger partial charge on any atom is -0.490 e. The van der Waals surface area contributed by atoms with Crippen molar-refractivity contribution in [1.29, 1.82) is 0 Å². The fourth-order valence-corrected chi connectivity index (χ4v) is 3.10. The van der Waals surface area contributed by atoms with E-state index in [1.54, 1.807) is 0 Å². The van der Waals surface area contributed by atoms with Crippen LogP contribution in [0.15, 0.2) is 36.4 Å². The highest BCUT2D eigenvalue weighted by Gasteiger charge is 2.17. The molecule has 0 saturated heterocycles. The first kappa shape index (κ1) is 16.1. The maximum absolute atomic E-state index is 5.89. The molecule has 2 aliphatic rings. The van der Waals surface area contributed by atoms with Gasteiger partial charge in [0.1, 0.15) is 13.2 Å². The molecule has 1 atom stereocenters. The largest absolute Gasteiger partial charge is 0.490 e. The van der Waals surface area contributed by atoms with Gasteiger partial charge in [-0.3, -0.25) is 0 Å². The highest BCUT2D eigenvalue weighted by Crippen LogP contribution is 2.35. The van der Waals surface area contributed by atoms with Crippen LogP contribution in [-0.4, -0.2) is 26.4 Å². The molecule has 0 saturated carbocycles. The van der Waals surface area contributed by atoms with Crippen LogP contribution < -0.4 is 24.3 Å². The van der Waals surface area contributed by atoms with Crippen LogP contribution >= 0.6 is 0 Å². The number of nitrogens with one attached hydrogen (secondary N) is 1. The number of ether oxygens (including phenoxy) is 4. The summed E-state index contributed by atoms with van der Waals surface area (Å²) in [6, 6.07) is 12.4. The van der Waals surface area contributed by atoms with E-state index in [9.17, 15) is 0 Å². The van der Waals surface area contributed by atoms with Gasteiger partial charge in [0, 0.05) is 24.6 Å². The molecule has 2 aromatic rings. The molecule has 5 nitrogen and oxygen atoms in total. The lowest BCUT2D eigenvalue weighted by Crippen LogP contribution is -2.20. The predicted octanol–water partition coefficient (Wildman–Crippen LogP) is 3.47. The van der Waals surface area contributed by atoms with Gasteiger partial charge in [-0.15, -0.1) is 0 Å². The number of fused-ring (bicyclic) bond motifs is 2. The summed E-state index contributed by atoms with van der Waals surface area (Å²) >= 11 is 0. The van der Waals surface area contributed by atoms with Gasteiger partial charge in [0.15, 0.2) is 23.0 Å². The van der Waals surface area contributed by atoms with E-state index >= 15 is 0 Å². The van der Waals surface area contributed by atoms with E-state index in [0.29, 0.717) is 33.0 Å². The normalized spacial score (nSPS) is 16.8. The molecule has 5 heteroatoms. The van der Waals surface area contributed by atoms with E-state index in [-0.39, 0.29) is 6.04 Å². The van der Waals surface area contributed by atoms with Gasteiger partial charge >= 0.3 is 0 Å². The van der Waals surface area contributed by atoms with Gasteiger partial charge in [-0.25, -0.2) is 0 Å². The van der Waals surface area contributed by atoms with Crippen LogP contribution in [0.5, 0.6) is 23.0 Å². The van der Waals surface area contributed by atoms with E-state index in [0.717, 1.165) is 35.0 Å². The first-order valence-corrected chi connectivity index (χ1v) is 8.82. The van der Waals surface area contributed by atoms with E-state index in [1.165, 1.54) is 5.56 Å². The first-order valence-electron chi connectivity index (χ1n) is 8.82. The van der Waals surface area contributed by atoms with Crippen molar-refractivity contribution in [2.45, 2.75) is 25.9 Å². The zero-order valence-electron chi connectivity index (χ0n) is 14.4. The van der Waals surface area contributed by atoms with E-state index in [2.05, 4.69) is 30.4 Å². The topological polar surface area (TPSA) is 49.0 Å². The molecule has 0 aliphatic carbocycles. The zero-order valence-corrected chi connectivity index (χ0v) is 14.4. The van der Waals surface area contributed by atoms with Crippen molar-refractivity contribution in [2.24, 2.45) is 0 Å². The quantitative estimate of drug-likeness (QED) is 0.923.